The Balaban J connectivity index is 0.000000774. The maximum absolute atomic E-state index is 9.51. The molecule has 6 heteroatoms. The summed E-state index contributed by atoms with van der Waals surface area (Å²) in [5, 5.41) is 17.1. The molecule has 0 aliphatic carbocycles. The lowest BCUT2D eigenvalue weighted by Gasteiger charge is -2.26. The first-order chi connectivity index (χ1) is 20.1. The molecule has 2 N–H and O–H groups in total. The van der Waals surface area contributed by atoms with Crippen LogP contribution in [0.25, 0.3) is 0 Å². The second kappa shape index (κ2) is 22.7. The zero-order valence-corrected chi connectivity index (χ0v) is 28.6. The largest absolute Gasteiger partial charge is 0.508 e. The van der Waals surface area contributed by atoms with E-state index in [1.165, 1.54) is 16.7 Å². The molecule has 4 atom stereocenters. The van der Waals surface area contributed by atoms with Crippen molar-refractivity contribution in [1.82, 2.24) is 9.80 Å². The van der Waals surface area contributed by atoms with E-state index in [1.807, 2.05) is 42.5 Å². The third-order valence-corrected chi connectivity index (χ3v) is 7.09. The van der Waals surface area contributed by atoms with Crippen LogP contribution in [-0.2, 0) is 6.61 Å². The number of nitrogens with zero attached hydrogens (tertiary/aromatic N) is 2. The summed E-state index contributed by atoms with van der Waals surface area (Å²) in [6, 6.07) is 26.3. The first-order valence-electron chi connectivity index (χ1n) is 15.1. The Morgan fingerprint density at radius 1 is 0.791 bits per heavy atom. The molecule has 0 aliphatic rings. The van der Waals surface area contributed by atoms with Crippen LogP contribution in [0.15, 0.2) is 91.5 Å². The second-order valence-corrected chi connectivity index (χ2v) is 11.5. The Hall–Kier alpha value is -2.83. The lowest BCUT2D eigenvalue weighted by Crippen LogP contribution is -2.24. The van der Waals surface area contributed by atoms with Crippen molar-refractivity contribution >= 4 is 12.4 Å². The number of phenolic OH excluding ortho intramolecular Hbond substituents is 1. The highest BCUT2D eigenvalue weighted by Crippen LogP contribution is 2.30. The predicted molar refractivity (Wildman–Crippen MR) is 187 cm³/mol. The van der Waals surface area contributed by atoms with Crippen molar-refractivity contribution in [3.8, 4) is 11.5 Å². The standard InChI is InChI=1S/C21H27NO.C14H23NO.C2H6O.ClH/c1-5-21(17(2)15-22(3)4)19-12-9-13-20(14-19)23-16-18-10-7-6-8-11-18;1-5-14(11(2)10-15(3)4)12-7-6-8-13(16)9-12;1-2-3;/h5-14,17,21H,1,15-16H2,2-4H3;6-9,11,14,16H,5,10H2,1-4H3;3H,2H2,1H3;1H/t17-,21?;11-,14?;;/m00../s1. The van der Waals surface area contributed by atoms with Gasteiger partial charge in [-0.05, 0) is 100 Å². The van der Waals surface area contributed by atoms with Crippen molar-refractivity contribution in [2.75, 3.05) is 47.9 Å². The minimum absolute atomic E-state index is 0. The average molecular weight is 613 g/mol. The van der Waals surface area contributed by atoms with Gasteiger partial charge >= 0.3 is 0 Å². The molecule has 3 aromatic carbocycles. The fourth-order valence-corrected chi connectivity index (χ4v) is 5.36. The van der Waals surface area contributed by atoms with Gasteiger partial charge in [-0.3, -0.25) is 0 Å². The van der Waals surface area contributed by atoms with Crippen molar-refractivity contribution in [2.45, 2.75) is 52.6 Å². The lowest BCUT2D eigenvalue weighted by molar-refractivity contribution is 0.301. The molecule has 0 radical (unpaired) electrons. The number of aliphatic hydroxyl groups is 1. The molecule has 0 spiro atoms. The van der Waals surface area contributed by atoms with E-state index in [-0.39, 0.29) is 19.0 Å². The fraction of sp³-hybridized carbons (Fsp3) is 0.459. The van der Waals surface area contributed by atoms with Crippen LogP contribution in [0.2, 0.25) is 0 Å². The Morgan fingerprint density at radius 2 is 1.35 bits per heavy atom. The van der Waals surface area contributed by atoms with E-state index >= 15 is 0 Å². The van der Waals surface area contributed by atoms with Crippen LogP contribution in [0, 0.1) is 11.8 Å². The highest BCUT2D eigenvalue weighted by atomic mass is 35.5. The summed E-state index contributed by atoms with van der Waals surface area (Å²) in [7, 11) is 8.42. The maximum Gasteiger partial charge on any atom is 0.120 e. The number of allylic oxidation sites excluding steroid dienone is 1. The molecule has 3 aromatic rings. The Bertz CT molecular complexity index is 1120. The molecule has 5 nitrogen and oxygen atoms in total. The van der Waals surface area contributed by atoms with Crippen molar-refractivity contribution in [1.29, 1.82) is 0 Å². The van der Waals surface area contributed by atoms with Gasteiger partial charge in [-0.25, -0.2) is 0 Å². The summed E-state index contributed by atoms with van der Waals surface area (Å²) in [6.07, 6.45) is 3.16. The maximum atomic E-state index is 9.51. The van der Waals surface area contributed by atoms with E-state index in [9.17, 15) is 5.11 Å². The smallest absolute Gasteiger partial charge is 0.120 e. The average Bonchev–Trinajstić information content (AvgIpc) is 2.94. The molecule has 0 saturated carbocycles. The summed E-state index contributed by atoms with van der Waals surface area (Å²) in [4.78, 5) is 4.44. The van der Waals surface area contributed by atoms with Crippen LogP contribution in [0.1, 0.15) is 62.6 Å². The van der Waals surface area contributed by atoms with Gasteiger partial charge < -0.3 is 24.7 Å². The van der Waals surface area contributed by atoms with E-state index in [0.717, 1.165) is 25.3 Å². The van der Waals surface area contributed by atoms with Crippen molar-refractivity contribution in [2.24, 2.45) is 11.8 Å². The molecular weight excluding hydrogens is 556 g/mol. The first-order valence-corrected chi connectivity index (χ1v) is 15.1. The number of hydrogen-bond acceptors (Lipinski definition) is 5. The number of rotatable bonds is 13. The van der Waals surface area contributed by atoms with Gasteiger partial charge in [0, 0.05) is 25.6 Å². The summed E-state index contributed by atoms with van der Waals surface area (Å²) in [5.74, 6) is 3.24. The summed E-state index contributed by atoms with van der Waals surface area (Å²) >= 11 is 0. The number of aromatic hydroxyl groups is 1. The fourth-order valence-electron chi connectivity index (χ4n) is 5.36. The third-order valence-electron chi connectivity index (χ3n) is 7.09. The quantitative estimate of drug-likeness (QED) is 0.190. The van der Waals surface area contributed by atoms with E-state index < -0.39 is 0 Å². The lowest BCUT2D eigenvalue weighted by atomic mass is 9.85. The normalized spacial score (nSPS) is 13.3. The zero-order chi connectivity index (χ0) is 31.5. The summed E-state index contributed by atoms with van der Waals surface area (Å²) in [5.41, 5.74) is 3.69. The van der Waals surface area contributed by atoms with Gasteiger partial charge in [-0.1, -0.05) is 81.4 Å². The third kappa shape index (κ3) is 16.0. The highest BCUT2D eigenvalue weighted by molar-refractivity contribution is 5.85. The van der Waals surface area contributed by atoms with Crippen LogP contribution in [0.3, 0.4) is 0 Å². The highest BCUT2D eigenvalue weighted by Gasteiger charge is 2.19. The van der Waals surface area contributed by atoms with Gasteiger partial charge in [0.15, 0.2) is 0 Å². The van der Waals surface area contributed by atoms with E-state index in [0.29, 0.717) is 36.0 Å². The minimum atomic E-state index is 0. The van der Waals surface area contributed by atoms with Crippen LogP contribution in [-0.4, -0.2) is 67.9 Å². The molecule has 2 unspecified atom stereocenters. The Kier molecular flexibility index (Phi) is 21.2. The number of benzene rings is 3. The van der Waals surface area contributed by atoms with Gasteiger partial charge in [-0.15, -0.1) is 19.0 Å². The van der Waals surface area contributed by atoms with Crippen molar-refractivity contribution in [3.05, 3.63) is 108 Å². The summed E-state index contributed by atoms with van der Waals surface area (Å²) < 4.78 is 5.94. The van der Waals surface area contributed by atoms with Gasteiger partial charge in [0.25, 0.3) is 0 Å². The number of halogens is 1. The zero-order valence-electron chi connectivity index (χ0n) is 27.7. The SMILES string of the molecule is C=CC(c1cccc(OCc2ccccc2)c1)[C@@H](C)CN(C)C.CCC(c1cccc(O)c1)[C@@H](C)CN(C)C.CCO.Cl. The number of ether oxygens (including phenoxy) is 1. The van der Waals surface area contributed by atoms with Crippen LogP contribution in [0.5, 0.6) is 11.5 Å². The molecule has 0 aromatic heterocycles. The first kappa shape index (κ1) is 40.2. The Labute approximate surface area is 268 Å². The van der Waals surface area contributed by atoms with Gasteiger partial charge in [0.1, 0.15) is 18.1 Å². The van der Waals surface area contributed by atoms with Gasteiger partial charge in [-0.2, -0.15) is 0 Å². The molecule has 0 aliphatic heterocycles. The summed E-state index contributed by atoms with van der Waals surface area (Å²) in [6.45, 7) is 15.4. The monoisotopic (exact) mass is 612 g/mol. The molecule has 240 valence electrons. The number of aliphatic hydroxyl groups excluding tert-OH is 1. The molecule has 0 saturated heterocycles. The molecule has 0 fully saturated rings. The second-order valence-electron chi connectivity index (χ2n) is 11.5. The molecule has 0 amide bonds. The Morgan fingerprint density at radius 3 is 1.88 bits per heavy atom. The van der Waals surface area contributed by atoms with Crippen LogP contribution in [0.4, 0.5) is 0 Å². The van der Waals surface area contributed by atoms with Gasteiger partial charge in [0.2, 0.25) is 0 Å². The van der Waals surface area contributed by atoms with Crippen molar-refractivity contribution in [3.63, 3.8) is 0 Å². The molecule has 3 rings (SSSR count). The van der Waals surface area contributed by atoms with Gasteiger partial charge in [0.05, 0.1) is 0 Å². The van der Waals surface area contributed by atoms with E-state index in [1.54, 1.807) is 13.0 Å². The predicted octanol–water partition coefficient (Wildman–Crippen LogP) is 8.24. The van der Waals surface area contributed by atoms with Crippen LogP contribution < -0.4 is 4.74 Å². The molecular formula is C37H57ClN2O3. The number of hydrogen-bond donors (Lipinski definition) is 2. The molecule has 0 heterocycles. The molecule has 43 heavy (non-hydrogen) atoms. The topological polar surface area (TPSA) is 56.2 Å². The van der Waals surface area contributed by atoms with Crippen LogP contribution >= 0.6 is 12.4 Å². The van der Waals surface area contributed by atoms with E-state index in [4.69, 9.17) is 9.84 Å². The van der Waals surface area contributed by atoms with Crippen molar-refractivity contribution < 1.29 is 14.9 Å². The molecule has 0 bridgehead atoms. The van der Waals surface area contributed by atoms with E-state index in [2.05, 4.69) is 102 Å². The minimum Gasteiger partial charge on any atom is -0.508 e. The number of phenols is 1.